The summed E-state index contributed by atoms with van der Waals surface area (Å²) in [7, 11) is 0. The van der Waals surface area contributed by atoms with Crippen LogP contribution >= 0.6 is 11.3 Å². The van der Waals surface area contributed by atoms with Crippen LogP contribution in [-0.4, -0.2) is 52.3 Å². The Balaban J connectivity index is 1.65. The molecule has 1 aromatic carbocycles. The monoisotopic (exact) mass is 355 g/mol. The average Bonchev–Trinajstić information content (AvgIpc) is 3.29. The third kappa shape index (κ3) is 2.95. The minimum Gasteiger partial charge on any atom is -0.342 e. The maximum absolute atomic E-state index is 13.0. The van der Waals surface area contributed by atoms with E-state index in [1.165, 1.54) is 16.9 Å². The van der Waals surface area contributed by atoms with Gasteiger partial charge in [-0.1, -0.05) is 30.3 Å². The second-order valence-electron chi connectivity index (χ2n) is 6.83. The van der Waals surface area contributed by atoms with Crippen LogP contribution in [0.25, 0.3) is 0 Å². The van der Waals surface area contributed by atoms with Crippen molar-refractivity contribution in [2.24, 2.45) is 5.92 Å². The predicted octanol–water partition coefficient (Wildman–Crippen LogP) is 2.62. The first-order valence-corrected chi connectivity index (χ1v) is 9.53. The number of carbonyl (C=O) groups excluding carboxylic acids is 2. The molecule has 0 spiro atoms. The van der Waals surface area contributed by atoms with Crippen molar-refractivity contribution in [1.29, 1.82) is 0 Å². The van der Waals surface area contributed by atoms with Gasteiger partial charge in [0.15, 0.2) is 0 Å². The molecule has 6 heteroatoms. The van der Waals surface area contributed by atoms with Gasteiger partial charge in [0, 0.05) is 44.4 Å². The summed E-state index contributed by atoms with van der Waals surface area (Å²) in [6.07, 6.45) is 2.50. The number of fused-ring (bicyclic) bond motifs is 1. The molecule has 2 aliphatic heterocycles. The fourth-order valence-electron chi connectivity index (χ4n) is 4.27. The Bertz CT molecular complexity index is 762. The van der Waals surface area contributed by atoms with Gasteiger partial charge in [0.1, 0.15) is 4.88 Å². The minimum absolute atomic E-state index is 0.0761. The lowest BCUT2D eigenvalue weighted by atomic mass is 9.82. The first kappa shape index (κ1) is 16.3. The Kier molecular flexibility index (Phi) is 4.29. The Morgan fingerprint density at radius 3 is 2.68 bits per heavy atom. The first-order chi connectivity index (χ1) is 12.1. The molecule has 2 fully saturated rings. The van der Waals surface area contributed by atoms with Gasteiger partial charge in [0.25, 0.3) is 5.91 Å². The summed E-state index contributed by atoms with van der Waals surface area (Å²) in [6, 6.07) is 10.6. The number of aromatic nitrogens is 1. The molecular formula is C19H21N3O2S. The number of nitrogens with zero attached hydrogens (tertiary/aromatic N) is 3. The number of carbonyl (C=O) groups is 2. The Labute approximate surface area is 151 Å². The van der Waals surface area contributed by atoms with E-state index in [0.29, 0.717) is 11.4 Å². The molecule has 4 rings (SSSR count). The van der Waals surface area contributed by atoms with E-state index in [9.17, 15) is 9.59 Å². The van der Waals surface area contributed by atoms with E-state index in [2.05, 4.69) is 17.1 Å². The minimum atomic E-state index is 0.0761. The lowest BCUT2D eigenvalue weighted by molar-refractivity contribution is -0.131. The number of rotatable bonds is 2. The lowest BCUT2D eigenvalue weighted by Crippen LogP contribution is -2.49. The number of benzene rings is 1. The summed E-state index contributed by atoms with van der Waals surface area (Å²) < 4.78 is 0. The molecule has 0 bridgehead atoms. The van der Waals surface area contributed by atoms with Crippen molar-refractivity contribution in [2.75, 3.05) is 19.6 Å². The highest BCUT2D eigenvalue weighted by Crippen LogP contribution is 2.42. The van der Waals surface area contributed by atoms with Crippen molar-refractivity contribution in [3.05, 3.63) is 52.5 Å². The normalized spacial score (nSPS) is 25.7. The predicted molar refractivity (Wildman–Crippen MR) is 96.5 cm³/mol. The zero-order valence-corrected chi connectivity index (χ0v) is 15.0. The first-order valence-electron chi connectivity index (χ1n) is 8.65. The van der Waals surface area contributed by atoms with Crippen LogP contribution in [-0.2, 0) is 4.79 Å². The highest BCUT2D eigenvalue weighted by molar-refractivity contribution is 7.11. The standard InChI is InChI=1S/C19H21N3O2S/c1-13(23)21-8-7-17-16(10-21)15(14-5-3-2-4-6-14)11-22(17)19(24)18-9-20-12-25-18/h2-6,9,12,15-17H,7-8,10-11H2,1H3/t15-,16-,17-/m1/s1. The highest BCUT2D eigenvalue weighted by Gasteiger charge is 2.47. The molecule has 2 saturated heterocycles. The molecule has 25 heavy (non-hydrogen) atoms. The van der Waals surface area contributed by atoms with E-state index in [1.54, 1.807) is 18.6 Å². The summed E-state index contributed by atoms with van der Waals surface area (Å²) in [6.45, 7) is 3.80. The van der Waals surface area contributed by atoms with Crippen molar-refractivity contribution < 1.29 is 9.59 Å². The number of amides is 2. The van der Waals surface area contributed by atoms with E-state index in [0.717, 1.165) is 19.5 Å². The third-order valence-corrected chi connectivity index (χ3v) is 6.27. The molecule has 5 nitrogen and oxygen atoms in total. The van der Waals surface area contributed by atoms with Gasteiger partial charge in [-0.15, -0.1) is 11.3 Å². The molecular weight excluding hydrogens is 334 g/mol. The van der Waals surface area contributed by atoms with Gasteiger partial charge in [0.05, 0.1) is 11.7 Å². The molecule has 2 aromatic rings. The number of piperidine rings is 1. The number of hydrogen-bond acceptors (Lipinski definition) is 4. The van der Waals surface area contributed by atoms with Crippen molar-refractivity contribution in [3.63, 3.8) is 0 Å². The smallest absolute Gasteiger partial charge is 0.265 e. The van der Waals surface area contributed by atoms with Crippen LogP contribution in [0.1, 0.15) is 34.5 Å². The van der Waals surface area contributed by atoms with Crippen molar-refractivity contribution in [3.8, 4) is 0 Å². The Hall–Kier alpha value is -2.21. The highest BCUT2D eigenvalue weighted by atomic mass is 32.1. The molecule has 0 aliphatic carbocycles. The zero-order valence-electron chi connectivity index (χ0n) is 14.2. The molecule has 130 valence electrons. The van der Waals surface area contributed by atoms with Crippen LogP contribution in [0.3, 0.4) is 0 Å². The van der Waals surface area contributed by atoms with Crippen LogP contribution in [0.2, 0.25) is 0 Å². The quantitative estimate of drug-likeness (QED) is 0.832. The van der Waals surface area contributed by atoms with E-state index in [-0.39, 0.29) is 29.7 Å². The van der Waals surface area contributed by atoms with Gasteiger partial charge in [-0.05, 0) is 12.0 Å². The van der Waals surface area contributed by atoms with Gasteiger partial charge >= 0.3 is 0 Å². The van der Waals surface area contributed by atoms with Crippen molar-refractivity contribution >= 4 is 23.2 Å². The molecule has 2 aliphatic rings. The Morgan fingerprint density at radius 2 is 2.00 bits per heavy atom. The van der Waals surface area contributed by atoms with E-state index >= 15 is 0 Å². The van der Waals surface area contributed by atoms with Crippen LogP contribution in [0.5, 0.6) is 0 Å². The van der Waals surface area contributed by atoms with Crippen LogP contribution in [0, 0.1) is 5.92 Å². The fraction of sp³-hybridized carbons (Fsp3) is 0.421. The second kappa shape index (κ2) is 6.59. The van der Waals surface area contributed by atoms with Crippen LogP contribution < -0.4 is 0 Å². The summed E-state index contributed by atoms with van der Waals surface area (Å²) in [5.74, 6) is 0.756. The largest absolute Gasteiger partial charge is 0.342 e. The van der Waals surface area contributed by atoms with Crippen LogP contribution in [0.15, 0.2) is 42.0 Å². The molecule has 3 atom stereocenters. The van der Waals surface area contributed by atoms with Crippen molar-refractivity contribution in [2.45, 2.75) is 25.3 Å². The molecule has 3 heterocycles. The molecule has 2 amide bonds. The SMILES string of the molecule is CC(=O)N1CC[C@@H]2[C@H](C1)[C@@H](c1ccccc1)CN2C(=O)c1cncs1. The maximum atomic E-state index is 13.0. The van der Waals surface area contributed by atoms with Gasteiger partial charge in [0.2, 0.25) is 5.91 Å². The maximum Gasteiger partial charge on any atom is 0.265 e. The molecule has 1 aromatic heterocycles. The number of likely N-dealkylation sites (tertiary alicyclic amines) is 2. The van der Waals surface area contributed by atoms with Gasteiger partial charge < -0.3 is 9.80 Å². The molecule has 0 unspecified atom stereocenters. The Morgan fingerprint density at radius 1 is 1.20 bits per heavy atom. The summed E-state index contributed by atoms with van der Waals surface area (Å²) >= 11 is 1.39. The van der Waals surface area contributed by atoms with E-state index < -0.39 is 0 Å². The fourth-order valence-corrected chi connectivity index (χ4v) is 4.85. The van der Waals surface area contributed by atoms with Crippen molar-refractivity contribution in [1.82, 2.24) is 14.8 Å². The van der Waals surface area contributed by atoms with E-state index in [1.807, 2.05) is 28.0 Å². The van der Waals surface area contributed by atoms with Crippen LogP contribution in [0.4, 0.5) is 0 Å². The number of thiazole rings is 1. The number of hydrogen-bond donors (Lipinski definition) is 0. The van der Waals surface area contributed by atoms with Gasteiger partial charge in [-0.3, -0.25) is 14.6 Å². The molecule has 0 radical (unpaired) electrons. The third-order valence-electron chi connectivity index (χ3n) is 5.51. The lowest BCUT2D eigenvalue weighted by Gasteiger charge is -2.38. The van der Waals surface area contributed by atoms with E-state index in [4.69, 9.17) is 0 Å². The second-order valence-corrected chi connectivity index (χ2v) is 7.71. The summed E-state index contributed by atoms with van der Waals surface area (Å²) in [5.41, 5.74) is 2.95. The topological polar surface area (TPSA) is 53.5 Å². The molecule has 0 N–H and O–H groups in total. The molecule has 0 saturated carbocycles. The van der Waals surface area contributed by atoms with Gasteiger partial charge in [-0.2, -0.15) is 0 Å². The zero-order chi connectivity index (χ0) is 17.4. The average molecular weight is 355 g/mol. The summed E-state index contributed by atoms with van der Waals surface area (Å²) in [5, 5.41) is 0. The van der Waals surface area contributed by atoms with Gasteiger partial charge in [-0.25, -0.2) is 0 Å². The summed E-state index contributed by atoms with van der Waals surface area (Å²) in [4.78, 5) is 33.5.